The number of nitrogens with one attached hydrogen (secondary N) is 1. The third-order valence-corrected chi connectivity index (χ3v) is 8.15. The predicted molar refractivity (Wildman–Crippen MR) is 125 cm³/mol. The minimum Gasteiger partial charge on any atom is -0.335 e. The summed E-state index contributed by atoms with van der Waals surface area (Å²) >= 11 is 1.39. The molecule has 2 aromatic carbocycles. The molecule has 2 heterocycles. The lowest BCUT2D eigenvalue weighted by atomic mass is 9.95. The number of thioether (sulfide) groups is 1. The van der Waals surface area contributed by atoms with Gasteiger partial charge in [0.25, 0.3) is 5.91 Å². The second-order valence-corrected chi connectivity index (χ2v) is 10.1. The van der Waals surface area contributed by atoms with Gasteiger partial charge in [-0.25, -0.2) is 9.18 Å². The van der Waals surface area contributed by atoms with Crippen molar-refractivity contribution in [2.24, 2.45) is 0 Å². The molecule has 0 bridgehead atoms. The average Bonchev–Trinajstić information content (AvgIpc) is 3.37. The molecule has 1 aliphatic carbocycles. The van der Waals surface area contributed by atoms with Crippen molar-refractivity contribution in [3.8, 4) is 6.07 Å². The highest BCUT2D eigenvalue weighted by atomic mass is 32.2. The third kappa shape index (κ3) is 3.74. The smallest absolute Gasteiger partial charge is 0.319 e. The zero-order valence-electron chi connectivity index (χ0n) is 18.2. The Balaban J connectivity index is 1.50. The van der Waals surface area contributed by atoms with Crippen LogP contribution in [0, 0.1) is 17.1 Å². The van der Waals surface area contributed by atoms with Crippen molar-refractivity contribution < 1.29 is 14.0 Å². The summed E-state index contributed by atoms with van der Waals surface area (Å²) in [6.45, 7) is 0.663. The second kappa shape index (κ2) is 8.71. The molecule has 5 rings (SSSR count). The van der Waals surface area contributed by atoms with Gasteiger partial charge < -0.3 is 10.2 Å². The molecule has 0 radical (unpaired) electrons. The third-order valence-electron chi connectivity index (χ3n) is 6.73. The molecule has 8 heteroatoms. The van der Waals surface area contributed by atoms with Crippen molar-refractivity contribution in [2.75, 3.05) is 17.2 Å². The molecule has 3 amide bonds. The number of hydrogen-bond acceptors (Lipinski definition) is 4. The van der Waals surface area contributed by atoms with Crippen LogP contribution in [-0.4, -0.2) is 35.2 Å². The zero-order chi connectivity index (χ0) is 23.0. The van der Waals surface area contributed by atoms with E-state index in [0.29, 0.717) is 29.1 Å². The largest absolute Gasteiger partial charge is 0.335 e. The molecule has 33 heavy (non-hydrogen) atoms. The van der Waals surface area contributed by atoms with Crippen molar-refractivity contribution in [1.29, 1.82) is 5.26 Å². The fourth-order valence-electron chi connectivity index (χ4n) is 5.17. The SMILES string of the molecule is N#Cc1cccc(CN2C(=O)C3(SCCN3C(=O)NC3CCCCC3)c3cc(F)ccc32)c1. The Morgan fingerprint density at radius 3 is 2.82 bits per heavy atom. The van der Waals surface area contributed by atoms with Crippen molar-refractivity contribution in [1.82, 2.24) is 10.2 Å². The highest BCUT2D eigenvalue weighted by Gasteiger charge is 2.59. The van der Waals surface area contributed by atoms with E-state index in [2.05, 4.69) is 11.4 Å². The molecule has 1 saturated heterocycles. The van der Waals surface area contributed by atoms with Gasteiger partial charge in [0.15, 0.2) is 4.87 Å². The lowest BCUT2D eigenvalue weighted by molar-refractivity contribution is -0.123. The molecule has 1 atom stereocenters. The Morgan fingerprint density at radius 2 is 2.03 bits per heavy atom. The van der Waals surface area contributed by atoms with Gasteiger partial charge in [-0.15, -0.1) is 11.8 Å². The summed E-state index contributed by atoms with van der Waals surface area (Å²) in [5.74, 6) is -0.0847. The number of amides is 3. The van der Waals surface area contributed by atoms with Gasteiger partial charge in [-0.1, -0.05) is 31.4 Å². The van der Waals surface area contributed by atoms with Gasteiger partial charge in [0.1, 0.15) is 5.82 Å². The fourth-order valence-corrected chi connectivity index (χ4v) is 6.62. The summed E-state index contributed by atoms with van der Waals surface area (Å²) in [5, 5.41) is 12.4. The number of carbonyl (C=O) groups is 2. The standard InChI is InChI=1S/C25H25FN4O2S/c26-19-9-10-22-21(14-19)25(23(31)29(22)16-18-6-4-5-17(13-18)15-27)30(11-12-33-25)24(32)28-20-7-2-1-3-8-20/h4-6,9-10,13-14,20H,1-3,7-8,11-12,16H2,(H,28,32). The molecule has 2 aliphatic heterocycles. The van der Waals surface area contributed by atoms with E-state index >= 15 is 0 Å². The number of carbonyl (C=O) groups excluding carboxylic acids is 2. The highest BCUT2D eigenvalue weighted by Crippen LogP contribution is 2.54. The van der Waals surface area contributed by atoms with E-state index < -0.39 is 10.7 Å². The number of urea groups is 1. The highest BCUT2D eigenvalue weighted by molar-refractivity contribution is 8.01. The van der Waals surface area contributed by atoms with Crippen LogP contribution in [0.3, 0.4) is 0 Å². The van der Waals surface area contributed by atoms with E-state index in [-0.39, 0.29) is 24.5 Å². The first-order valence-corrected chi connectivity index (χ1v) is 12.3. The molecular weight excluding hydrogens is 439 g/mol. The minimum absolute atomic E-state index is 0.113. The lowest BCUT2D eigenvalue weighted by Gasteiger charge is -2.35. The van der Waals surface area contributed by atoms with Crippen molar-refractivity contribution >= 4 is 29.4 Å². The van der Waals surface area contributed by atoms with Crippen LogP contribution in [-0.2, 0) is 16.2 Å². The lowest BCUT2D eigenvalue weighted by Crippen LogP contribution is -2.55. The van der Waals surface area contributed by atoms with Crippen molar-refractivity contribution in [3.63, 3.8) is 0 Å². The summed E-state index contributed by atoms with van der Waals surface area (Å²) in [6, 6.07) is 13.4. The van der Waals surface area contributed by atoms with Crippen LogP contribution >= 0.6 is 11.8 Å². The van der Waals surface area contributed by atoms with Gasteiger partial charge in [0, 0.05) is 23.9 Å². The average molecular weight is 465 g/mol. The number of nitriles is 1. The molecule has 2 fully saturated rings. The van der Waals surface area contributed by atoms with Gasteiger partial charge in [-0.3, -0.25) is 9.69 Å². The topological polar surface area (TPSA) is 76.4 Å². The number of halogens is 1. The van der Waals surface area contributed by atoms with Gasteiger partial charge in [-0.2, -0.15) is 5.26 Å². The Bertz CT molecular complexity index is 1140. The Morgan fingerprint density at radius 1 is 1.21 bits per heavy atom. The van der Waals surface area contributed by atoms with Gasteiger partial charge in [-0.05, 0) is 48.7 Å². The molecule has 3 aliphatic rings. The van der Waals surface area contributed by atoms with Crippen molar-refractivity contribution in [3.05, 3.63) is 65.0 Å². The van der Waals surface area contributed by atoms with Crippen LogP contribution < -0.4 is 10.2 Å². The maximum absolute atomic E-state index is 14.4. The van der Waals surface area contributed by atoms with Gasteiger partial charge >= 0.3 is 6.03 Å². The number of fused-ring (bicyclic) bond motifs is 2. The first kappa shape index (κ1) is 21.8. The van der Waals surface area contributed by atoms with Crippen LogP contribution in [0.5, 0.6) is 0 Å². The molecule has 1 saturated carbocycles. The van der Waals surface area contributed by atoms with Crippen LogP contribution in [0.15, 0.2) is 42.5 Å². The number of benzene rings is 2. The van der Waals surface area contributed by atoms with E-state index in [9.17, 15) is 19.2 Å². The molecule has 1 N–H and O–H groups in total. The maximum Gasteiger partial charge on any atom is 0.319 e. The zero-order valence-corrected chi connectivity index (χ0v) is 19.0. The van der Waals surface area contributed by atoms with Crippen molar-refractivity contribution in [2.45, 2.75) is 49.6 Å². The van der Waals surface area contributed by atoms with E-state index in [0.717, 1.165) is 31.2 Å². The van der Waals surface area contributed by atoms with Crippen LogP contribution in [0.4, 0.5) is 14.9 Å². The Hall–Kier alpha value is -3.05. The molecule has 170 valence electrons. The molecule has 1 spiro atoms. The van der Waals surface area contributed by atoms with Crippen LogP contribution in [0.1, 0.15) is 48.8 Å². The predicted octanol–water partition coefficient (Wildman–Crippen LogP) is 4.49. The summed E-state index contributed by atoms with van der Waals surface area (Å²) < 4.78 is 14.4. The Labute approximate surface area is 196 Å². The minimum atomic E-state index is -1.27. The summed E-state index contributed by atoms with van der Waals surface area (Å²) in [5.41, 5.74) is 2.44. The Kier molecular flexibility index (Phi) is 5.75. The molecule has 1 unspecified atom stereocenters. The summed E-state index contributed by atoms with van der Waals surface area (Å²) in [4.78, 5) is 29.3. The van der Waals surface area contributed by atoms with Gasteiger partial charge in [0.05, 0.1) is 23.9 Å². The van der Waals surface area contributed by atoms with E-state index in [1.807, 2.05) is 6.07 Å². The first-order valence-electron chi connectivity index (χ1n) is 11.4. The number of hydrogen-bond donors (Lipinski definition) is 1. The molecular formula is C25H25FN4O2S. The molecule has 6 nitrogen and oxygen atoms in total. The number of anilines is 1. The number of nitrogens with zero attached hydrogens (tertiary/aromatic N) is 3. The van der Waals surface area contributed by atoms with Crippen LogP contribution in [0.25, 0.3) is 0 Å². The summed E-state index contributed by atoms with van der Waals surface area (Å²) in [7, 11) is 0. The first-order chi connectivity index (χ1) is 16.0. The van der Waals surface area contributed by atoms with E-state index in [1.54, 1.807) is 34.1 Å². The van der Waals surface area contributed by atoms with Gasteiger partial charge in [0.2, 0.25) is 0 Å². The quantitative estimate of drug-likeness (QED) is 0.726. The van der Waals surface area contributed by atoms with Crippen LogP contribution in [0.2, 0.25) is 0 Å². The molecule has 0 aromatic heterocycles. The normalized spacial score (nSPS) is 22.5. The number of rotatable bonds is 3. The molecule has 2 aromatic rings. The fraction of sp³-hybridized carbons (Fsp3) is 0.400. The summed E-state index contributed by atoms with van der Waals surface area (Å²) in [6.07, 6.45) is 5.25. The van der Waals surface area contributed by atoms with E-state index in [4.69, 9.17) is 0 Å². The monoisotopic (exact) mass is 464 g/mol. The second-order valence-electron chi connectivity index (χ2n) is 8.79. The van der Waals surface area contributed by atoms with E-state index in [1.165, 1.54) is 30.3 Å². The maximum atomic E-state index is 14.4.